The molecule has 0 aliphatic carbocycles. The Morgan fingerprint density at radius 2 is 1.70 bits per heavy atom. The topological polar surface area (TPSA) is 143 Å². The Kier molecular flexibility index (Phi) is 11.9. The SMILES string of the molecule is CC(C)(C)OC(=O)NCc1cccc(Oc2cc(Cl)ccc2N(CCCC(=O)O)C(=O)C2CCN(S(=O)(=O)c3ccccc3)CC2)c1. The first kappa shape index (κ1) is 35.7. The lowest BCUT2D eigenvalue weighted by Crippen LogP contribution is -2.45. The second-order valence-electron chi connectivity index (χ2n) is 12.2. The zero-order valence-corrected chi connectivity index (χ0v) is 28.2. The molecular weight excluding hydrogens is 646 g/mol. The maximum absolute atomic E-state index is 14.1. The lowest BCUT2D eigenvalue weighted by Gasteiger charge is -2.34. The summed E-state index contributed by atoms with van der Waals surface area (Å²) in [4.78, 5) is 39.2. The molecule has 0 spiro atoms. The van der Waals surface area contributed by atoms with E-state index in [1.807, 2.05) is 6.07 Å². The van der Waals surface area contributed by atoms with Crippen LogP contribution < -0.4 is 15.0 Å². The van der Waals surface area contributed by atoms with E-state index >= 15 is 0 Å². The van der Waals surface area contributed by atoms with Crippen molar-refractivity contribution in [1.82, 2.24) is 9.62 Å². The van der Waals surface area contributed by atoms with Gasteiger partial charge in [0.05, 0.1) is 10.6 Å². The van der Waals surface area contributed by atoms with Gasteiger partial charge in [0.2, 0.25) is 15.9 Å². The van der Waals surface area contributed by atoms with Gasteiger partial charge in [-0.2, -0.15) is 4.31 Å². The molecule has 0 atom stereocenters. The van der Waals surface area contributed by atoms with Crippen LogP contribution in [0.3, 0.4) is 0 Å². The highest BCUT2D eigenvalue weighted by Gasteiger charge is 2.35. The number of ether oxygens (including phenoxy) is 2. The van der Waals surface area contributed by atoms with Gasteiger partial charge in [-0.3, -0.25) is 9.59 Å². The molecule has 11 nitrogen and oxygen atoms in total. The molecule has 252 valence electrons. The van der Waals surface area contributed by atoms with E-state index in [-0.39, 0.29) is 55.6 Å². The predicted octanol–water partition coefficient (Wildman–Crippen LogP) is 6.46. The second kappa shape index (κ2) is 15.6. The van der Waals surface area contributed by atoms with Gasteiger partial charge in [0.1, 0.15) is 11.4 Å². The van der Waals surface area contributed by atoms with Crippen LogP contribution in [0.2, 0.25) is 5.02 Å². The van der Waals surface area contributed by atoms with E-state index in [1.165, 1.54) is 9.21 Å². The van der Waals surface area contributed by atoms with Gasteiger partial charge in [0.25, 0.3) is 0 Å². The van der Waals surface area contributed by atoms with Gasteiger partial charge in [-0.05, 0) is 82.0 Å². The Hall–Kier alpha value is -4.13. The fourth-order valence-corrected chi connectivity index (χ4v) is 6.82. The Morgan fingerprint density at radius 3 is 2.36 bits per heavy atom. The van der Waals surface area contributed by atoms with Crippen LogP contribution in [0.15, 0.2) is 77.7 Å². The summed E-state index contributed by atoms with van der Waals surface area (Å²) in [7, 11) is -3.70. The number of piperidine rings is 1. The van der Waals surface area contributed by atoms with Gasteiger partial charge in [-0.25, -0.2) is 13.2 Å². The number of nitrogens with zero attached hydrogens (tertiary/aromatic N) is 2. The smallest absolute Gasteiger partial charge is 0.407 e. The third kappa shape index (κ3) is 10.2. The van der Waals surface area contributed by atoms with Crippen molar-refractivity contribution in [3.8, 4) is 11.5 Å². The highest BCUT2D eigenvalue weighted by atomic mass is 35.5. The van der Waals surface area contributed by atoms with Crippen LogP contribution in [-0.2, 0) is 30.9 Å². The molecule has 2 N–H and O–H groups in total. The van der Waals surface area contributed by atoms with Crippen molar-refractivity contribution in [3.05, 3.63) is 83.4 Å². The molecule has 1 saturated heterocycles. The molecule has 0 saturated carbocycles. The average molecular weight is 686 g/mol. The minimum absolute atomic E-state index is 0.103. The van der Waals surface area contributed by atoms with Crippen LogP contribution in [0.5, 0.6) is 11.5 Å². The van der Waals surface area contributed by atoms with Gasteiger partial charge in [-0.1, -0.05) is 41.9 Å². The standard InChI is InChI=1S/C34H40ClN3O8S/c1-34(2,3)46-33(42)36-23-24-9-7-10-27(21-24)45-30-22-26(35)14-15-29(30)38(18-8-13-31(39)40)32(41)25-16-19-37(20-17-25)47(43,44)28-11-5-4-6-12-28/h4-7,9-12,14-15,21-22,25H,8,13,16-20,23H2,1-3H3,(H,36,42)(H,39,40). The summed E-state index contributed by atoms with van der Waals surface area (Å²) in [6.07, 6.45) is 0.0950. The zero-order valence-electron chi connectivity index (χ0n) is 26.6. The summed E-state index contributed by atoms with van der Waals surface area (Å²) in [6.45, 7) is 5.96. The zero-order chi connectivity index (χ0) is 34.2. The molecule has 0 unspecified atom stereocenters. The van der Waals surface area contributed by atoms with Crippen LogP contribution in [-0.4, -0.2) is 61.0 Å². The number of carbonyl (C=O) groups excluding carboxylic acids is 2. The van der Waals surface area contributed by atoms with E-state index < -0.39 is 33.6 Å². The molecule has 1 heterocycles. The number of nitrogens with one attached hydrogen (secondary N) is 1. The first-order valence-electron chi connectivity index (χ1n) is 15.3. The van der Waals surface area contributed by atoms with E-state index in [2.05, 4.69) is 5.32 Å². The number of aliphatic carboxylic acids is 1. The van der Waals surface area contributed by atoms with E-state index in [9.17, 15) is 27.9 Å². The lowest BCUT2D eigenvalue weighted by atomic mass is 9.96. The summed E-state index contributed by atoms with van der Waals surface area (Å²) >= 11 is 6.35. The van der Waals surface area contributed by atoms with Gasteiger partial charge in [0.15, 0.2) is 5.75 Å². The molecule has 3 aromatic rings. The molecule has 2 amide bonds. The first-order valence-corrected chi connectivity index (χ1v) is 17.2. The van der Waals surface area contributed by atoms with Crippen molar-refractivity contribution in [2.75, 3.05) is 24.5 Å². The summed E-state index contributed by atoms with van der Waals surface area (Å²) < 4.78 is 39.2. The fraction of sp³-hybridized carbons (Fsp3) is 0.382. The van der Waals surface area contributed by atoms with Crippen LogP contribution in [0.25, 0.3) is 0 Å². The van der Waals surface area contributed by atoms with E-state index in [4.69, 9.17) is 21.1 Å². The van der Waals surface area contributed by atoms with Crippen LogP contribution in [0.1, 0.15) is 52.0 Å². The number of rotatable bonds is 12. The molecule has 47 heavy (non-hydrogen) atoms. The van der Waals surface area contributed by atoms with Crippen molar-refractivity contribution in [2.24, 2.45) is 5.92 Å². The number of alkyl carbamates (subject to hydrolysis) is 1. The highest BCUT2D eigenvalue weighted by molar-refractivity contribution is 7.89. The fourth-order valence-electron chi connectivity index (χ4n) is 5.17. The molecule has 3 aromatic carbocycles. The molecule has 4 rings (SSSR count). The first-order chi connectivity index (χ1) is 22.2. The maximum Gasteiger partial charge on any atom is 0.407 e. The van der Waals surface area contributed by atoms with Gasteiger partial charge >= 0.3 is 12.1 Å². The lowest BCUT2D eigenvalue weighted by molar-refractivity contribution is -0.137. The number of carbonyl (C=O) groups is 3. The van der Waals surface area contributed by atoms with Crippen molar-refractivity contribution in [1.29, 1.82) is 0 Å². The van der Waals surface area contributed by atoms with Crippen LogP contribution in [0.4, 0.5) is 10.5 Å². The maximum atomic E-state index is 14.1. The Morgan fingerprint density at radius 1 is 1.00 bits per heavy atom. The average Bonchev–Trinajstić information content (AvgIpc) is 3.02. The number of carboxylic acids is 1. The molecule has 1 aliphatic heterocycles. The molecule has 0 radical (unpaired) electrons. The highest BCUT2D eigenvalue weighted by Crippen LogP contribution is 2.37. The second-order valence-corrected chi connectivity index (χ2v) is 14.6. The Bertz CT molecular complexity index is 1670. The molecule has 0 aromatic heterocycles. The molecule has 0 bridgehead atoms. The van der Waals surface area contributed by atoms with Crippen molar-refractivity contribution in [2.45, 2.75) is 63.5 Å². The predicted molar refractivity (Wildman–Crippen MR) is 178 cm³/mol. The minimum atomic E-state index is -3.70. The third-order valence-electron chi connectivity index (χ3n) is 7.40. The number of halogens is 1. The number of sulfonamides is 1. The van der Waals surface area contributed by atoms with Crippen molar-refractivity contribution in [3.63, 3.8) is 0 Å². The number of anilines is 1. The molecule has 1 fully saturated rings. The Balaban J connectivity index is 1.53. The molecular formula is C34H40ClN3O8S. The number of benzene rings is 3. The normalized spacial score (nSPS) is 14.3. The van der Waals surface area contributed by atoms with E-state index in [0.717, 1.165) is 5.56 Å². The molecule has 1 aliphatic rings. The van der Waals surface area contributed by atoms with E-state index in [0.29, 0.717) is 29.3 Å². The van der Waals surface area contributed by atoms with Crippen molar-refractivity contribution >= 4 is 45.3 Å². The van der Waals surface area contributed by atoms with E-state index in [1.54, 1.807) is 87.5 Å². The number of hydrogen-bond acceptors (Lipinski definition) is 7. The summed E-state index contributed by atoms with van der Waals surface area (Å²) in [5.41, 5.74) is 0.507. The van der Waals surface area contributed by atoms with Crippen LogP contribution >= 0.6 is 11.6 Å². The largest absolute Gasteiger partial charge is 0.481 e. The van der Waals surface area contributed by atoms with Gasteiger partial charge in [0, 0.05) is 49.6 Å². The minimum Gasteiger partial charge on any atom is -0.481 e. The summed E-state index contributed by atoms with van der Waals surface area (Å²) in [6, 6.07) is 20.1. The quantitative estimate of drug-likeness (QED) is 0.221. The van der Waals surface area contributed by atoms with Crippen LogP contribution in [0, 0.1) is 5.92 Å². The summed E-state index contributed by atoms with van der Waals surface area (Å²) in [5.74, 6) is -1.03. The van der Waals surface area contributed by atoms with Crippen molar-refractivity contribution < 1.29 is 37.4 Å². The monoisotopic (exact) mass is 685 g/mol. The van der Waals surface area contributed by atoms with Gasteiger partial charge < -0.3 is 24.8 Å². The summed E-state index contributed by atoms with van der Waals surface area (Å²) in [5, 5.41) is 12.4. The number of hydrogen-bond donors (Lipinski definition) is 2. The number of carboxylic acid groups (broad SMARTS) is 1. The Labute approximate surface area is 280 Å². The van der Waals surface area contributed by atoms with Gasteiger partial charge in [-0.15, -0.1) is 0 Å². The third-order valence-corrected chi connectivity index (χ3v) is 9.55. The number of amides is 2. The molecule has 13 heteroatoms.